The number of rotatable bonds is 5. The number of hydrogen-bond donors (Lipinski definition) is 0. The molecule has 1 amide bonds. The maximum absolute atomic E-state index is 13.2. The van der Waals surface area contributed by atoms with Crippen LogP contribution in [0.4, 0.5) is 0 Å². The summed E-state index contributed by atoms with van der Waals surface area (Å²) in [5.74, 6) is 0.191. The molecule has 0 unspecified atom stereocenters. The molecule has 1 aliphatic rings. The van der Waals surface area contributed by atoms with E-state index in [-0.39, 0.29) is 18.0 Å². The molecule has 5 nitrogen and oxygen atoms in total. The van der Waals surface area contributed by atoms with Crippen molar-refractivity contribution in [2.75, 3.05) is 20.6 Å². The van der Waals surface area contributed by atoms with Crippen LogP contribution in [0.25, 0.3) is 0 Å². The van der Waals surface area contributed by atoms with Crippen LogP contribution in [0.1, 0.15) is 24.4 Å². The maximum atomic E-state index is 13.2. The molecule has 0 N–H and O–H groups in total. The molecular weight excluding hydrogens is 288 g/mol. The first-order valence-electron chi connectivity index (χ1n) is 8.16. The number of benzene rings is 1. The molecule has 1 aromatic heterocycles. The maximum Gasteiger partial charge on any atom is 0.244 e. The zero-order valence-electron chi connectivity index (χ0n) is 13.8. The first kappa shape index (κ1) is 15.7. The average Bonchev–Trinajstić information content (AvgIpc) is 3.20. The molecule has 23 heavy (non-hydrogen) atoms. The Hall–Kier alpha value is -2.14. The van der Waals surface area contributed by atoms with Crippen LogP contribution in [0, 0.1) is 0 Å². The molecule has 0 saturated carbocycles. The lowest BCUT2D eigenvalue weighted by molar-refractivity contribution is -0.137. The molecular formula is C18H24N4O. The minimum atomic E-state index is -0.227. The van der Waals surface area contributed by atoms with E-state index in [0.717, 1.165) is 31.5 Å². The fourth-order valence-corrected chi connectivity index (χ4v) is 3.39. The summed E-state index contributed by atoms with van der Waals surface area (Å²) in [5, 5.41) is 4.28. The van der Waals surface area contributed by atoms with Crippen LogP contribution >= 0.6 is 0 Å². The van der Waals surface area contributed by atoms with Crippen LogP contribution in [0.15, 0.2) is 48.8 Å². The Kier molecular flexibility index (Phi) is 4.76. The highest BCUT2D eigenvalue weighted by atomic mass is 16.2. The summed E-state index contributed by atoms with van der Waals surface area (Å²) in [6.07, 6.45) is 5.85. The number of nitrogens with zero attached hydrogens (tertiary/aromatic N) is 4. The third-order valence-corrected chi connectivity index (χ3v) is 4.48. The van der Waals surface area contributed by atoms with Crippen LogP contribution in [-0.2, 0) is 11.3 Å². The summed E-state index contributed by atoms with van der Waals surface area (Å²) >= 11 is 0. The lowest BCUT2D eigenvalue weighted by Gasteiger charge is -2.32. The van der Waals surface area contributed by atoms with Gasteiger partial charge in [-0.3, -0.25) is 14.4 Å². The molecule has 2 atom stereocenters. The van der Waals surface area contributed by atoms with Crippen LogP contribution in [-0.4, -0.2) is 52.2 Å². The van der Waals surface area contributed by atoms with Gasteiger partial charge in [-0.15, -0.1) is 0 Å². The Bertz CT molecular complexity index is 624. The second-order valence-electron chi connectivity index (χ2n) is 6.33. The molecule has 1 saturated heterocycles. The minimum Gasteiger partial charge on any atom is -0.336 e. The predicted molar refractivity (Wildman–Crippen MR) is 89.8 cm³/mol. The zero-order chi connectivity index (χ0) is 16.2. The lowest BCUT2D eigenvalue weighted by Crippen LogP contribution is -2.44. The molecule has 2 aromatic rings. The number of carbonyl (C=O) groups is 1. The summed E-state index contributed by atoms with van der Waals surface area (Å²) in [7, 11) is 3.93. The van der Waals surface area contributed by atoms with Crippen molar-refractivity contribution in [1.29, 1.82) is 0 Å². The molecule has 0 spiro atoms. The molecule has 0 radical (unpaired) electrons. The van der Waals surface area contributed by atoms with E-state index in [1.807, 2.05) is 71.2 Å². The van der Waals surface area contributed by atoms with E-state index in [4.69, 9.17) is 0 Å². The van der Waals surface area contributed by atoms with Crippen molar-refractivity contribution in [3.8, 4) is 0 Å². The topological polar surface area (TPSA) is 41.4 Å². The van der Waals surface area contributed by atoms with E-state index in [1.165, 1.54) is 0 Å². The third-order valence-electron chi connectivity index (χ3n) is 4.48. The van der Waals surface area contributed by atoms with E-state index >= 15 is 0 Å². The highest BCUT2D eigenvalue weighted by Gasteiger charge is 2.35. The van der Waals surface area contributed by atoms with Crippen molar-refractivity contribution in [1.82, 2.24) is 19.6 Å². The van der Waals surface area contributed by atoms with Gasteiger partial charge in [0.25, 0.3) is 0 Å². The number of hydrogen-bond acceptors (Lipinski definition) is 3. The fourth-order valence-electron chi connectivity index (χ4n) is 3.39. The molecule has 0 bridgehead atoms. The summed E-state index contributed by atoms with van der Waals surface area (Å²) in [6, 6.07) is 11.9. The predicted octanol–water partition coefficient (Wildman–Crippen LogP) is 2.18. The van der Waals surface area contributed by atoms with Crippen molar-refractivity contribution >= 4 is 5.91 Å². The van der Waals surface area contributed by atoms with Crippen molar-refractivity contribution in [3.63, 3.8) is 0 Å². The van der Waals surface area contributed by atoms with Crippen molar-refractivity contribution in [2.24, 2.45) is 0 Å². The Morgan fingerprint density at radius 2 is 2.09 bits per heavy atom. The smallest absolute Gasteiger partial charge is 0.244 e. The lowest BCUT2D eigenvalue weighted by atomic mass is 10.0. The first-order valence-corrected chi connectivity index (χ1v) is 8.16. The van der Waals surface area contributed by atoms with E-state index in [1.54, 1.807) is 6.20 Å². The van der Waals surface area contributed by atoms with Crippen molar-refractivity contribution < 1.29 is 4.79 Å². The second kappa shape index (κ2) is 6.96. The van der Waals surface area contributed by atoms with E-state index in [2.05, 4.69) is 5.10 Å². The summed E-state index contributed by atoms with van der Waals surface area (Å²) in [5.41, 5.74) is 1.05. The number of amides is 1. The first-order chi connectivity index (χ1) is 11.2. The Labute approximate surface area is 137 Å². The monoisotopic (exact) mass is 312 g/mol. The highest BCUT2D eigenvalue weighted by Crippen LogP contribution is 2.26. The number of likely N-dealkylation sites (N-methyl/N-ethyl adjacent to an activating group) is 1. The standard InChI is InChI=1S/C18H24N4O/c1-20(2)17(15-8-4-3-5-9-15)18(23)22-13-6-10-16(22)14-21-12-7-11-19-21/h3-5,7-9,11-12,16-17H,6,10,13-14H2,1-2H3/t16-,17+/m0/s1. The van der Waals surface area contributed by atoms with Gasteiger partial charge in [0.15, 0.2) is 0 Å². The van der Waals surface area contributed by atoms with E-state index in [0.29, 0.717) is 0 Å². The van der Waals surface area contributed by atoms with Gasteiger partial charge in [0.2, 0.25) is 5.91 Å². The van der Waals surface area contributed by atoms with Gasteiger partial charge in [-0.1, -0.05) is 30.3 Å². The van der Waals surface area contributed by atoms with Gasteiger partial charge in [0.1, 0.15) is 6.04 Å². The molecule has 1 aliphatic heterocycles. The van der Waals surface area contributed by atoms with Gasteiger partial charge in [0, 0.05) is 18.9 Å². The SMILES string of the molecule is CN(C)[C@@H](C(=O)N1CCC[C@H]1Cn1cccn1)c1ccccc1. The van der Waals surface area contributed by atoms with Crippen LogP contribution in [0.2, 0.25) is 0 Å². The van der Waals surface area contributed by atoms with Crippen LogP contribution in [0.3, 0.4) is 0 Å². The summed E-state index contributed by atoms with van der Waals surface area (Å²) in [6.45, 7) is 1.61. The second-order valence-corrected chi connectivity index (χ2v) is 6.33. The quantitative estimate of drug-likeness (QED) is 0.850. The summed E-state index contributed by atoms with van der Waals surface area (Å²) < 4.78 is 1.92. The average molecular weight is 312 g/mol. The van der Waals surface area contributed by atoms with Gasteiger partial charge in [-0.25, -0.2) is 0 Å². The number of likely N-dealkylation sites (tertiary alicyclic amines) is 1. The van der Waals surface area contributed by atoms with Gasteiger partial charge in [0.05, 0.1) is 12.6 Å². The number of aromatic nitrogens is 2. The van der Waals surface area contributed by atoms with Gasteiger partial charge < -0.3 is 4.90 Å². The van der Waals surface area contributed by atoms with Crippen LogP contribution < -0.4 is 0 Å². The third kappa shape index (κ3) is 3.45. The van der Waals surface area contributed by atoms with Gasteiger partial charge in [-0.05, 0) is 38.6 Å². The molecule has 3 rings (SSSR count). The largest absolute Gasteiger partial charge is 0.336 e. The van der Waals surface area contributed by atoms with E-state index in [9.17, 15) is 4.79 Å². The Morgan fingerprint density at radius 3 is 2.74 bits per heavy atom. The zero-order valence-corrected chi connectivity index (χ0v) is 13.8. The molecule has 122 valence electrons. The Morgan fingerprint density at radius 1 is 1.30 bits per heavy atom. The summed E-state index contributed by atoms with van der Waals surface area (Å²) in [4.78, 5) is 17.2. The van der Waals surface area contributed by atoms with E-state index < -0.39 is 0 Å². The fraction of sp³-hybridized carbons (Fsp3) is 0.444. The molecule has 5 heteroatoms. The van der Waals surface area contributed by atoms with Crippen molar-refractivity contribution in [3.05, 3.63) is 54.4 Å². The normalized spacial score (nSPS) is 19.3. The highest BCUT2D eigenvalue weighted by molar-refractivity contribution is 5.83. The van der Waals surface area contributed by atoms with Gasteiger partial charge >= 0.3 is 0 Å². The van der Waals surface area contributed by atoms with Gasteiger partial charge in [-0.2, -0.15) is 5.10 Å². The minimum absolute atomic E-state index is 0.191. The molecule has 1 aromatic carbocycles. The number of carbonyl (C=O) groups excluding carboxylic acids is 1. The van der Waals surface area contributed by atoms with Crippen molar-refractivity contribution in [2.45, 2.75) is 31.5 Å². The Balaban J connectivity index is 1.79. The molecule has 1 fully saturated rings. The van der Waals surface area contributed by atoms with Crippen LogP contribution in [0.5, 0.6) is 0 Å². The molecule has 0 aliphatic carbocycles. The molecule has 2 heterocycles.